The van der Waals surface area contributed by atoms with Crippen LogP contribution in [0.5, 0.6) is 0 Å². The quantitative estimate of drug-likeness (QED) is 0.480. The Bertz CT molecular complexity index is 577. The highest BCUT2D eigenvalue weighted by molar-refractivity contribution is 7.97. The van der Waals surface area contributed by atoms with Crippen molar-refractivity contribution in [3.8, 4) is 0 Å². The third-order valence-corrected chi connectivity index (χ3v) is 3.83. The lowest BCUT2D eigenvalue weighted by Gasteiger charge is -2.12. The number of rotatable bonds is 3. The molecule has 0 saturated heterocycles. The maximum absolute atomic E-state index is 10.6. The first-order valence-corrected chi connectivity index (χ1v) is 6.62. The van der Waals surface area contributed by atoms with Crippen molar-refractivity contribution in [2.24, 2.45) is 9.54 Å². The number of amidine groups is 1. The fraction of sp³-hybridized carbons (Fsp3) is 0.300. The summed E-state index contributed by atoms with van der Waals surface area (Å²) in [5, 5.41) is 20.3. The van der Waals surface area contributed by atoms with Crippen molar-refractivity contribution in [3.05, 3.63) is 38.7 Å². The Labute approximate surface area is 112 Å². The number of nitrogens with zero attached hydrogens (tertiary/aromatic N) is 3. The number of hydrogen-bond acceptors (Lipinski definition) is 7. The SMILES string of the molecule is CC(=C1NC(c2ccc([N+](=O)[O-])o2)=N[S+]1N)N(C)C. The van der Waals surface area contributed by atoms with E-state index in [9.17, 15) is 10.1 Å². The van der Waals surface area contributed by atoms with Gasteiger partial charge in [0.2, 0.25) is 5.84 Å². The molecule has 1 unspecified atom stereocenters. The highest BCUT2D eigenvalue weighted by Gasteiger charge is 2.36. The fourth-order valence-electron chi connectivity index (χ4n) is 1.43. The highest BCUT2D eigenvalue weighted by Crippen LogP contribution is 2.22. The molecule has 1 atom stereocenters. The van der Waals surface area contributed by atoms with E-state index in [0.29, 0.717) is 11.6 Å². The first-order chi connectivity index (χ1) is 8.90. The van der Waals surface area contributed by atoms with Gasteiger partial charge >= 0.3 is 5.88 Å². The summed E-state index contributed by atoms with van der Waals surface area (Å²) in [5.74, 6) is 0.393. The largest absolute Gasteiger partial charge is 0.433 e. The van der Waals surface area contributed by atoms with Crippen LogP contribution in [0.3, 0.4) is 0 Å². The molecule has 0 saturated carbocycles. The van der Waals surface area contributed by atoms with Crippen molar-refractivity contribution >= 4 is 23.0 Å². The Morgan fingerprint density at radius 2 is 2.26 bits per heavy atom. The van der Waals surface area contributed by atoms with Gasteiger partial charge < -0.3 is 9.32 Å². The van der Waals surface area contributed by atoms with Crippen molar-refractivity contribution in [2.75, 3.05) is 14.1 Å². The molecule has 1 aromatic heterocycles. The summed E-state index contributed by atoms with van der Waals surface area (Å²) < 4.78 is 9.31. The molecule has 8 nitrogen and oxygen atoms in total. The zero-order chi connectivity index (χ0) is 14.2. The van der Waals surface area contributed by atoms with Crippen LogP contribution in [0.25, 0.3) is 0 Å². The van der Waals surface area contributed by atoms with Gasteiger partial charge in [-0.2, -0.15) is 0 Å². The fourth-order valence-corrected chi connectivity index (χ4v) is 2.54. The molecule has 0 bridgehead atoms. The molecule has 2 heterocycles. The second-order valence-electron chi connectivity index (χ2n) is 4.08. The molecule has 2 rings (SSSR count). The van der Waals surface area contributed by atoms with E-state index >= 15 is 0 Å². The monoisotopic (exact) mass is 284 g/mol. The van der Waals surface area contributed by atoms with Crippen LogP contribution in [0.1, 0.15) is 12.7 Å². The van der Waals surface area contributed by atoms with Crippen molar-refractivity contribution in [1.29, 1.82) is 0 Å². The van der Waals surface area contributed by atoms with Gasteiger partial charge in [0.1, 0.15) is 4.92 Å². The molecule has 0 radical (unpaired) electrons. The molecule has 0 spiro atoms. The topological polar surface area (TPSA) is 110 Å². The summed E-state index contributed by atoms with van der Waals surface area (Å²) in [6.45, 7) is 1.91. The lowest BCUT2D eigenvalue weighted by Crippen LogP contribution is -2.26. The van der Waals surface area contributed by atoms with Gasteiger partial charge in [0.05, 0.1) is 11.8 Å². The molecule has 3 N–H and O–H groups in total. The minimum atomic E-state index is -0.808. The molecule has 0 amide bonds. The van der Waals surface area contributed by atoms with Crippen LogP contribution in [-0.4, -0.2) is 29.8 Å². The van der Waals surface area contributed by atoms with E-state index in [1.54, 1.807) is 0 Å². The van der Waals surface area contributed by atoms with Crippen molar-refractivity contribution in [1.82, 2.24) is 10.2 Å². The number of hydrogen-bond donors (Lipinski definition) is 2. The molecule has 0 aliphatic carbocycles. The summed E-state index contributed by atoms with van der Waals surface area (Å²) in [7, 11) is 3.80. The maximum atomic E-state index is 10.6. The van der Waals surface area contributed by atoms with Gasteiger partial charge in [-0.15, -0.1) is 5.14 Å². The number of furan rings is 1. The first-order valence-electron chi connectivity index (χ1n) is 5.37. The molecule has 1 aliphatic rings. The first kappa shape index (κ1) is 13.4. The van der Waals surface area contributed by atoms with Crippen LogP contribution in [0.15, 0.2) is 31.7 Å². The molecular formula is C10H14N5O3S+. The third-order valence-electron chi connectivity index (χ3n) is 2.64. The predicted molar refractivity (Wildman–Crippen MR) is 73.0 cm³/mol. The van der Waals surface area contributed by atoms with E-state index in [2.05, 4.69) is 9.71 Å². The molecule has 19 heavy (non-hydrogen) atoms. The van der Waals surface area contributed by atoms with Crippen LogP contribution >= 0.6 is 0 Å². The van der Waals surface area contributed by atoms with Gasteiger partial charge in [-0.3, -0.25) is 15.4 Å². The van der Waals surface area contributed by atoms with Crippen LogP contribution < -0.4 is 10.5 Å². The summed E-state index contributed by atoms with van der Waals surface area (Å²) in [6, 6.07) is 2.78. The molecule has 102 valence electrons. The number of nitrogens with two attached hydrogens (primary N) is 1. The summed E-state index contributed by atoms with van der Waals surface area (Å²) in [6.07, 6.45) is 0. The highest BCUT2D eigenvalue weighted by atomic mass is 32.2. The second kappa shape index (κ2) is 4.94. The lowest BCUT2D eigenvalue weighted by molar-refractivity contribution is -0.402. The Hall–Kier alpha value is -2.00. The van der Waals surface area contributed by atoms with E-state index in [1.807, 2.05) is 25.9 Å². The average Bonchev–Trinajstić information content (AvgIpc) is 2.93. The van der Waals surface area contributed by atoms with Gasteiger partial charge in [-0.05, 0) is 17.4 Å². The smallest absolute Gasteiger partial charge is 0.397 e. The standard InChI is InChI=1S/C10H13N5O3S/c1-6(14(2)3)10-12-9(13-19(10)11)7-4-5-8(18-7)15(16)17/h4-5H,1-3H3,(H2,11,12,13)/p+1. The van der Waals surface area contributed by atoms with E-state index in [0.717, 1.165) is 10.7 Å². The predicted octanol–water partition coefficient (Wildman–Crippen LogP) is 0.695. The average molecular weight is 284 g/mol. The van der Waals surface area contributed by atoms with Gasteiger partial charge in [0.25, 0.3) is 16.3 Å². The number of nitrogens with one attached hydrogen (secondary N) is 1. The van der Waals surface area contributed by atoms with Crippen molar-refractivity contribution < 1.29 is 9.34 Å². The van der Waals surface area contributed by atoms with Crippen molar-refractivity contribution in [2.45, 2.75) is 6.92 Å². The van der Waals surface area contributed by atoms with E-state index in [-0.39, 0.29) is 5.88 Å². The molecule has 1 aromatic rings. The summed E-state index contributed by atoms with van der Waals surface area (Å²) in [5.41, 5.74) is 0.950. The summed E-state index contributed by atoms with van der Waals surface area (Å²) in [4.78, 5) is 11.9. The second-order valence-corrected chi connectivity index (χ2v) is 5.30. The zero-order valence-electron chi connectivity index (χ0n) is 10.7. The van der Waals surface area contributed by atoms with Gasteiger partial charge in [0, 0.05) is 14.1 Å². The minimum absolute atomic E-state index is 0.302. The Balaban J connectivity index is 2.27. The molecule has 9 heteroatoms. The van der Waals surface area contributed by atoms with Crippen LogP contribution in [0.4, 0.5) is 5.88 Å². The van der Waals surface area contributed by atoms with E-state index in [1.165, 1.54) is 12.1 Å². The van der Waals surface area contributed by atoms with Gasteiger partial charge in [0.15, 0.2) is 5.76 Å². The Morgan fingerprint density at radius 3 is 2.79 bits per heavy atom. The molecule has 1 aliphatic heterocycles. The normalized spacial score (nSPS) is 20.8. The van der Waals surface area contributed by atoms with Crippen molar-refractivity contribution in [3.63, 3.8) is 0 Å². The number of allylic oxidation sites excluding steroid dienone is 1. The maximum Gasteiger partial charge on any atom is 0.433 e. The Morgan fingerprint density at radius 1 is 1.58 bits per heavy atom. The zero-order valence-corrected chi connectivity index (χ0v) is 11.5. The lowest BCUT2D eigenvalue weighted by atomic mass is 10.4. The van der Waals surface area contributed by atoms with Crippen LogP contribution in [0, 0.1) is 10.1 Å². The Kier molecular flexibility index (Phi) is 3.49. The van der Waals surface area contributed by atoms with Gasteiger partial charge in [-0.25, -0.2) is 0 Å². The van der Waals surface area contributed by atoms with Crippen LogP contribution in [-0.2, 0) is 11.3 Å². The molecule has 0 aromatic carbocycles. The number of nitro groups is 1. The van der Waals surface area contributed by atoms with Gasteiger partial charge in [-0.1, -0.05) is 0 Å². The van der Waals surface area contributed by atoms with Crippen LogP contribution in [0.2, 0.25) is 0 Å². The third kappa shape index (κ3) is 2.56. The van der Waals surface area contributed by atoms with E-state index < -0.39 is 16.2 Å². The summed E-state index contributed by atoms with van der Waals surface area (Å²) >= 11 is -0.808. The molecular weight excluding hydrogens is 270 g/mol. The van der Waals surface area contributed by atoms with E-state index in [4.69, 9.17) is 9.56 Å². The molecule has 0 fully saturated rings. The minimum Gasteiger partial charge on any atom is -0.397 e.